The van der Waals surface area contributed by atoms with E-state index in [-0.39, 0.29) is 0 Å². The molecular weight excluding hydrogens is 224 g/mol. The Labute approximate surface area is 108 Å². The summed E-state index contributed by atoms with van der Waals surface area (Å²) in [6.45, 7) is 5.01. The lowest BCUT2D eigenvalue weighted by Crippen LogP contribution is -2.18. The van der Waals surface area contributed by atoms with Gasteiger partial charge in [0, 0.05) is 17.6 Å². The molecule has 3 nitrogen and oxygen atoms in total. The van der Waals surface area contributed by atoms with Crippen LogP contribution in [0.4, 0.5) is 0 Å². The first-order valence-electron chi connectivity index (χ1n) is 6.58. The normalized spacial score (nSPS) is 10.7. The van der Waals surface area contributed by atoms with Crippen molar-refractivity contribution in [3.8, 4) is 5.75 Å². The molecule has 0 aliphatic carbocycles. The fourth-order valence-corrected chi connectivity index (χ4v) is 1.83. The second kappa shape index (κ2) is 6.97. The standard InChI is InChI=1S/C15H20N2O/c1-2-8-16-9-4-11-18-14-7-6-13-5-3-10-17-15(13)12-14/h3,5-7,10,12,16H,2,4,8-9,11H2,1H3. The molecule has 3 heteroatoms. The van der Waals surface area contributed by atoms with Crippen LogP contribution in [0.5, 0.6) is 5.75 Å². The van der Waals surface area contributed by atoms with Crippen molar-refractivity contribution in [3.05, 3.63) is 36.5 Å². The van der Waals surface area contributed by atoms with E-state index in [0.29, 0.717) is 0 Å². The maximum absolute atomic E-state index is 5.71. The highest BCUT2D eigenvalue weighted by atomic mass is 16.5. The molecule has 0 bridgehead atoms. The maximum atomic E-state index is 5.71. The van der Waals surface area contributed by atoms with Crippen LogP contribution >= 0.6 is 0 Å². The molecule has 1 heterocycles. The molecule has 0 unspecified atom stereocenters. The van der Waals surface area contributed by atoms with Crippen LogP contribution in [-0.4, -0.2) is 24.7 Å². The molecule has 0 atom stereocenters. The number of ether oxygens (including phenoxy) is 1. The van der Waals surface area contributed by atoms with Crippen molar-refractivity contribution in [1.82, 2.24) is 10.3 Å². The van der Waals surface area contributed by atoms with Gasteiger partial charge in [-0.05, 0) is 44.1 Å². The van der Waals surface area contributed by atoms with E-state index in [4.69, 9.17) is 4.74 Å². The number of nitrogens with one attached hydrogen (secondary N) is 1. The van der Waals surface area contributed by atoms with Crippen molar-refractivity contribution in [1.29, 1.82) is 0 Å². The number of fused-ring (bicyclic) bond motifs is 1. The predicted octanol–water partition coefficient (Wildman–Crippen LogP) is 3.00. The van der Waals surface area contributed by atoms with Crippen LogP contribution in [0.15, 0.2) is 36.5 Å². The summed E-state index contributed by atoms with van der Waals surface area (Å²) in [7, 11) is 0. The Morgan fingerprint density at radius 3 is 3.06 bits per heavy atom. The maximum Gasteiger partial charge on any atom is 0.121 e. The highest BCUT2D eigenvalue weighted by Crippen LogP contribution is 2.18. The Bertz CT molecular complexity index is 485. The van der Waals surface area contributed by atoms with Gasteiger partial charge in [-0.25, -0.2) is 0 Å². The first-order valence-corrected chi connectivity index (χ1v) is 6.58. The summed E-state index contributed by atoms with van der Waals surface area (Å²) in [6, 6.07) is 10.0. The third-order valence-electron chi connectivity index (χ3n) is 2.77. The minimum absolute atomic E-state index is 0.745. The fourth-order valence-electron chi connectivity index (χ4n) is 1.83. The van der Waals surface area contributed by atoms with Gasteiger partial charge >= 0.3 is 0 Å². The van der Waals surface area contributed by atoms with E-state index in [1.165, 1.54) is 6.42 Å². The minimum atomic E-state index is 0.745. The molecule has 0 saturated carbocycles. The molecule has 0 aliphatic rings. The van der Waals surface area contributed by atoms with Gasteiger partial charge in [0.2, 0.25) is 0 Å². The van der Waals surface area contributed by atoms with Gasteiger partial charge in [0.1, 0.15) is 5.75 Å². The van der Waals surface area contributed by atoms with E-state index in [9.17, 15) is 0 Å². The highest BCUT2D eigenvalue weighted by molar-refractivity contribution is 5.79. The second-order valence-corrected chi connectivity index (χ2v) is 4.31. The molecule has 18 heavy (non-hydrogen) atoms. The van der Waals surface area contributed by atoms with Crippen LogP contribution in [0.3, 0.4) is 0 Å². The van der Waals surface area contributed by atoms with Gasteiger partial charge in [-0.1, -0.05) is 13.0 Å². The van der Waals surface area contributed by atoms with Crippen LogP contribution in [0.25, 0.3) is 10.9 Å². The van der Waals surface area contributed by atoms with Gasteiger partial charge in [0.05, 0.1) is 12.1 Å². The van der Waals surface area contributed by atoms with Crippen LogP contribution in [0.1, 0.15) is 19.8 Å². The van der Waals surface area contributed by atoms with Crippen LogP contribution in [0, 0.1) is 0 Å². The van der Waals surface area contributed by atoms with Crippen molar-refractivity contribution in [2.24, 2.45) is 0 Å². The van der Waals surface area contributed by atoms with Gasteiger partial charge in [0.15, 0.2) is 0 Å². The number of rotatable bonds is 7. The number of hydrogen-bond acceptors (Lipinski definition) is 3. The smallest absolute Gasteiger partial charge is 0.121 e. The largest absolute Gasteiger partial charge is 0.493 e. The monoisotopic (exact) mass is 244 g/mol. The Balaban J connectivity index is 1.81. The van der Waals surface area contributed by atoms with Crippen molar-refractivity contribution in [2.75, 3.05) is 19.7 Å². The Hall–Kier alpha value is -1.61. The molecule has 0 amide bonds. The zero-order valence-electron chi connectivity index (χ0n) is 10.9. The SMILES string of the molecule is CCCNCCCOc1ccc2cccnc2c1. The van der Waals surface area contributed by atoms with E-state index < -0.39 is 0 Å². The zero-order chi connectivity index (χ0) is 12.6. The molecule has 2 aromatic rings. The number of benzene rings is 1. The van der Waals surface area contributed by atoms with Gasteiger partial charge in [-0.2, -0.15) is 0 Å². The Morgan fingerprint density at radius 2 is 2.17 bits per heavy atom. The average molecular weight is 244 g/mol. The first-order chi connectivity index (χ1) is 8.90. The van der Waals surface area contributed by atoms with E-state index in [0.717, 1.165) is 42.8 Å². The molecular formula is C15H20N2O. The molecule has 0 radical (unpaired) electrons. The van der Waals surface area contributed by atoms with Gasteiger partial charge in [-0.15, -0.1) is 0 Å². The van der Waals surface area contributed by atoms with Crippen molar-refractivity contribution < 1.29 is 4.74 Å². The molecule has 2 rings (SSSR count). The van der Waals surface area contributed by atoms with E-state index in [1.807, 2.05) is 24.3 Å². The summed E-state index contributed by atoms with van der Waals surface area (Å²) in [4.78, 5) is 4.32. The number of pyridine rings is 1. The summed E-state index contributed by atoms with van der Waals surface area (Å²) in [5.41, 5.74) is 0.985. The predicted molar refractivity (Wildman–Crippen MR) is 75.0 cm³/mol. The molecule has 0 aliphatic heterocycles. The lowest BCUT2D eigenvalue weighted by molar-refractivity contribution is 0.308. The van der Waals surface area contributed by atoms with E-state index >= 15 is 0 Å². The third kappa shape index (κ3) is 3.70. The van der Waals surface area contributed by atoms with Crippen LogP contribution < -0.4 is 10.1 Å². The molecule has 1 aromatic heterocycles. The minimum Gasteiger partial charge on any atom is -0.493 e. The van der Waals surface area contributed by atoms with Gasteiger partial charge in [0.25, 0.3) is 0 Å². The van der Waals surface area contributed by atoms with Gasteiger partial charge in [-0.3, -0.25) is 4.98 Å². The lowest BCUT2D eigenvalue weighted by Gasteiger charge is -2.07. The quantitative estimate of drug-likeness (QED) is 0.760. The molecule has 0 spiro atoms. The third-order valence-corrected chi connectivity index (χ3v) is 2.77. The highest BCUT2D eigenvalue weighted by Gasteiger charge is 1.97. The Kier molecular flexibility index (Phi) is 4.97. The van der Waals surface area contributed by atoms with Crippen LogP contribution in [-0.2, 0) is 0 Å². The van der Waals surface area contributed by atoms with E-state index in [2.05, 4.69) is 23.3 Å². The molecule has 1 N–H and O–H groups in total. The molecule has 1 aromatic carbocycles. The molecule has 0 fully saturated rings. The fraction of sp³-hybridized carbons (Fsp3) is 0.400. The number of aromatic nitrogens is 1. The van der Waals surface area contributed by atoms with Crippen molar-refractivity contribution >= 4 is 10.9 Å². The summed E-state index contributed by atoms with van der Waals surface area (Å²) in [5.74, 6) is 0.900. The second-order valence-electron chi connectivity index (χ2n) is 4.31. The molecule has 96 valence electrons. The summed E-state index contributed by atoms with van der Waals surface area (Å²) in [5, 5.41) is 4.51. The van der Waals surface area contributed by atoms with Crippen molar-refractivity contribution in [2.45, 2.75) is 19.8 Å². The number of hydrogen-bond donors (Lipinski definition) is 1. The summed E-state index contributed by atoms with van der Waals surface area (Å²) < 4.78 is 5.71. The Morgan fingerprint density at radius 1 is 1.22 bits per heavy atom. The summed E-state index contributed by atoms with van der Waals surface area (Å²) in [6.07, 6.45) is 4.01. The lowest BCUT2D eigenvalue weighted by atomic mass is 10.2. The van der Waals surface area contributed by atoms with Crippen molar-refractivity contribution in [3.63, 3.8) is 0 Å². The van der Waals surface area contributed by atoms with E-state index in [1.54, 1.807) is 6.20 Å². The van der Waals surface area contributed by atoms with Gasteiger partial charge < -0.3 is 10.1 Å². The number of nitrogens with zero attached hydrogens (tertiary/aromatic N) is 1. The topological polar surface area (TPSA) is 34.1 Å². The van der Waals surface area contributed by atoms with Crippen LogP contribution in [0.2, 0.25) is 0 Å². The first kappa shape index (κ1) is 12.8. The summed E-state index contributed by atoms with van der Waals surface area (Å²) >= 11 is 0. The average Bonchev–Trinajstić information content (AvgIpc) is 2.42. The molecule has 0 saturated heterocycles. The zero-order valence-corrected chi connectivity index (χ0v) is 10.9.